The fourth-order valence-electron chi connectivity index (χ4n) is 2.58. The second-order valence-electron chi connectivity index (χ2n) is 6.21. The van der Waals surface area contributed by atoms with Gasteiger partial charge < -0.3 is 15.5 Å². The molecule has 0 saturated heterocycles. The first-order chi connectivity index (χ1) is 12.6. The lowest BCUT2D eigenvalue weighted by Gasteiger charge is -2.11. The number of para-hydroxylation sites is 1. The summed E-state index contributed by atoms with van der Waals surface area (Å²) in [5, 5.41) is 7.14. The van der Waals surface area contributed by atoms with Crippen LogP contribution in [0, 0.1) is 0 Å². The Balaban J connectivity index is 1.70. The Hall–Kier alpha value is -3.06. The first-order valence-electron chi connectivity index (χ1n) is 8.49. The third-order valence-corrected chi connectivity index (χ3v) is 3.86. The monoisotopic (exact) mass is 350 g/mol. The van der Waals surface area contributed by atoms with Crippen LogP contribution in [0.5, 0.6) is 0 Å². The van der Waals surface area contributed by atoms with E-state index in [9.17, 15) is 4.79 Å². The molecule has 0 spiro atoms. The Bertz CT molecular complexity index is 891. The molecule has 0 bridgehead atoms. The molecule has 2 heterocycles. The van der Waals surface area contributed by atoms with Gasteiger partial charge in [-0.2, -0.15) is 0 Å². The summed E-state index contributed by atoms with van der Waals surface area (Å²) >= 11 is 0. The zero-order valence-electron chi connectivity index (χ0n) is 14.9. The highest BCUT2D eigenvalue weighted by molar-refractivity contribution is 5.94. The number of carbonyl (C=O) groups excluding carboxylic acids is 1. The van der Waals surface area contributed by atoms with E-state index in [1.807, 2.05) is 44.4 Å². The van der Waals surface area contributed by atoms with Gasteiger partial charge in [0.2, 0.25) is 0 Å². The van der Waals surface area contributed by atoms with Crippen molar-refractivity contribution in [3.63, 3.8) is 0 Å². The van der Waals surface area contributed by atoms with Crippen LogP contribution in [-0.4, -0.2) is 52.9 Å². The Morgan fingerprint density at radius 1 is 1.12 bits per heavy atom. The van der Waals surface area contributed by atoms with Crippen molar-refractivity contribution in [1.82, 2.24) is 25.2 Å². The zero-order chi connectivity index (χ0) is 18.4. The summed E-state index contributed by atoms with van der Waals surface area (Å²) in [6, 6.07) is 11.4. The molecule has 1 amide bonds. The van der Waals surface area contributed by atoms with Gasteiger partial charge in [-0.15, -0.1) is 0 Å². The molecule has 3 aromatic rings. The molecule has 0 atom stereocenters. The summed E-state index contributed by atoms with van der Waals surface area (Å²) in [6.45, 7) is 1.53. The van der Waals surface area contributed by atoms with Crippen LogP contribution >= 0.6 is 0 Å². The summed E-state index contributed by atoms with van der Waals surface area (Å²) in [4.78, 5) is 27.0. The maximum Gasteiger partial charge on any atom is 0.270 e. The van der Waals surface area contributed by atoms with E-state index in [1.54, 1.807) is 12.3 Å². The van der Waals surface area contributed by atoms with Gasteiger partial charge in [0.05, 0.1) is 11.2 Å². The molecule has 134 valence electrons. The molecule has 0 fully saturated rings. The van der Waals surface area contributed by atoms with E-state index in [0.29, 0.717) is 18.1 Å². The number of carbonyl (C=O) groups is 1. The summed E-state index contributed by atoms with van der Waals surface area (Å²) in [7, 11) is 4.01. The number of anilines is 2. The average Bonchev–Trinajstić information content (AvgIpc) is 2.65. The van der Waals surface area contributed by atoms with E-state index < -0.39 is 0 Å². The van der Waals surface area contributed by atoms with Crippen LogP contribution in [-0.2, 0) is 0 Å². The van der Waals surface area contributed by atoms with Crippen molar-refractivity contribution in [2.24, 2.45) is 0 Å². The minimum Gasteiger partial charge on any atom is -0.351 e. The van der Waals surface area contributed by atoms with Crippen molar-refractivity contribution in [3.05, 3.63) is 54.6 Å². The molecule has 26 heavy (non-hydrogen) atoms. The standard InChI is InChI=1S/C19H22N6O/c1-25(2)11-5-10-21-19(26)16-12-17(23-13-22-16)24-15-8-3-6-14-7-4-9-20-18(14)15/h3-4,6-9,12-13H,5,10-11H2,1-2H3,(H,21,26)(H,22,23,24). The Labute approximate surface area is 152 Å². The Morgan fingerprint density at radius 3 is 2.81 bits per heavy atom. The van der Waals surface area contributed by atoms with Gasteiger partial charge in [-0.05, 0) is 39.2 Å². The van der Waals surface area contributed by atoms with Crippen molar-refractivity contribution in [3.8, 4) is 0 Å². The largest absolute Gasteiger partial charge is 0.351 e. The molecular formula is C19H22N6O. The number of amides is 1. The third-order valence-electron chi connectivity index (χ3n) is 3.86. The molecule has 3 rings (SSSR count). The molecule has 0 unspecified atom stereocenters. The molecule has 1 aromatic carbocycles. The number of pyridine rings is 1. The van der Waals surface area contributed by atoms with Gasteiger partial charge in [0.1, 0.15) is 17.8 Å². The first-order valence-corrected chi connectivity index (χ1v) is 8.49. The number of nitrogens with one attached hydrogen (secondary N) is 2. The number of aromatic nitrogens is 3. The molecular weight excluding hydrogens is 328 g/mol. The van der Waals surface area contributed by atoms with Crippen molar-refractivity contribution in [1.29, 1.82) is 0 Å². The van der Waals surface area contributed by atoms with Gasteiger partial charge >= 0.3 is 0 Å². The molecule has 0 radical (unpaired) electrons. The van der Waals surface area contributed by atoms with E-state index in [2.05, 4.69) is 30.5 Å². The summed E-state index contributed by atoms with van der Waals surface area (Å²) in [5.41, 5.74) is 2.02. The number of nitrogens with zero attached hydrogens (tertiary/aromatic N) is 4. The predicted molar refractivity (Wildman–Crippen MR) is 103 cm³/mol. The van der Waals surface area contributed by atoms with E-state index >= 15 is 0 Å². The maximum absolute atomic E-state index is 12.3. The highest BCUT2D eigenvalue weighted by Gasteiger charge is 2.09. The van der Waals surface area contributed by atoms with Crippen LogP contribution in [0.2, 0.25) is 0 Å². The SMILES string of the molecule is CN(C)CCCNC(=O)c1cc(Nc2cccc3cccnc23)ncn1. The third kappa shape index (κ3) is 4.52. The van der Waals surface area contributed by atoms with Gasteiger partial charge in [0.25, 0.3) is 5.91 Å². The van der Waals surface area contributed by atoms with Crippen LogP contribution in [0.25, 0.3) is 10.9 Å². The normalized spacial score (nSPS) is 10.9. The smallest absolute Gasteiger partial charge is 0.270 e. The van der Waals surface area contributed by atoms with Crippen LogP contribution in [0.15, 0.2) is 48.9 Å². The fraction of sp³-hybridized carbons (Fsp3) is 0.263. The molecule has 7 heteroatoms. The minimum atomic E-state index is -0.203. The van der Waals surface area contributed by atoms with Gasteiger partial charge in [0, 0.05) is 24.2 Å². The van der Waals surface area contributed by atoms with Crippen LogP contribution in [0.1, 0.15) is 16.9 Å². The fourth-order valence-corrected chi connectivity index (χ4v) is 2.58. The van der Waals surface area contributed by atoms with Crippen molar-refractivity contribution in [2.45, 2.75) is 6.42 Å². The average molecular weight is 350 g/mol. The van der Waals surface area contributed by atoms with Crippen LogP contribution < -0.4 is 10.6 Å². The quantitative estimate of drug-likeness (QED) is 0.637. The molecule has 0 aliphatic carbocycles. The molecule has 0 aliphatic rings. The van der Waals surface area contributed by atoms with Gasteiger partial charge in [-0.3, -0.25) is 9.78 Å². The number of fused-ring (bicyclic) bond motifs is 1. The highest BCUT2D eigenvalue weighted by Crippen LogP contribution is 2.23. The lowest BCUT2D eigenvalue weighted by molar-refractivity contribution is 0.0947. The van der Waals surface area contributed by atoms with Crippen molar-refractivity contribution >= 4 is 28.3 Å². The Morgan fingerprint density at radius 2 is 1.96 bits per heavy atom. The van der Waals surface area contributed by atoms with Crippen LogP contribution in [0.4, 0.5) is 11.5 Å². The molecule has 2 aromatic heterocycles. The molecule has 7 nitrogen and oxygen atoms in total. The van der Waals surface area contributed by atoms with E-state index in [4.69, 9.17) is 0 Å². The molecule has 2 N–H and O–H groups in total. The Kier molecular flexibility index (Phi) is 5.70. The number of rotatable bonds is 7. The second kappa shape index (κ2) is 8.35. The van der Waals surface area contributed by atoms with Gasteiger partial charge in [0.15, 0.2) is 0 Å². The number of benzene rings is 1. The summed E-state index contributed by atoms with van der Waals surface area (Å²) in [6.07, 6.45) is 4.02. The second-order valence-corrected chi connectivity index (χ2v) is 6.21. The number of hydrogen-bond donors (Lipinski definition) is 2. The van der Waals surface area contributed by atoms with E-state index in [1.165, 1.54) is 6.33 Å². The van der Waals surface area contributed by atoms with E-state index in [0.717, 1.165) is 29.6 Å². The lowest BCUT2D eigenvalue weighted by atomic mass is 10.2. The van der Waals surface area contributed by atoms with E-state index in [-0.39, 0.29) is 5.91 Å². The lowest BCUT2D eigenvalue weighted by Crippen LogP contribution is -2.27. The molecule has 0 aliphatic heterocycles. The van der Waals surface area contributed by atoms with Crippen molar-refractivity contribution < 1.29 is 4.79 Å². The van der Waals surface area contributed by atoms with Crippen molar-refractivity contribution in [2.75, 3.05) is 32.5 Å². The summed E-state index contributed by atoms with van der Waals surface area (Å²) < 4.78 is 0. The van der Waals surface area contributed by atoms with Gasteiger partial charge in [-0.1, -0.05) is 18.2 Å². The first kappa shape index (κ1) is 17.8. The topological polar surface area (TPSA) is 83.0 Å². The molecule has 0 saturated carbocycles. The highest BCUT2D eigenvalue weighted by atomic mass is 16.1. The zero-order valence-corrected chi connectivity index (χ0v) is 14.9. The summed E-state index contributed by atoms with van der Waals surface area (Å²) in [5.74, 6) is 0.349. The van der Waals surface area contributed by atoms with Crippen LogP contribution in [0.3, 0.4) is 0 Å². The predicted octanol–water partition coefficient (Wildman–Crippen LogP) is 2.45. The minimum absolute atomic E-state index is 0.203. The van der Waals surface area contributed by atoms with Gasteiger partial charge in [-0.25, -0.2) is 9.97 Å². The maximum atomic E-state index is 12.3. The number of hydrogen-bond acceptors (Lipinski definition) is 6.